The third-order valence-corrected chi connectivity index (χ3v) is 6.53. The smallest absolute Gasteiger partial charge is 0.336 e. The molecule has 0 aliphatic rings. The molecule has 0 amide bonds. The lowest BCUT2D eigenvalue weighted by Gasteiger charge is -2.47. The summed E-state index contributed by atoms with van der Waals surface area (Å²) in [6.45, 7) is 15.0. The van der Waals surface area contributed by atoms with Gasteiger partial charge in [0, 0.05) is 12.0 Å². The number of hydrogen-bond donors (Lipinski definition) is 3. The van der Waals surface area contributed by atoms with Gasteiger partial charge in [0.1, 0.15) is 5.72 Å². The molecule has 0 bridgehead atoms. The molecule has 0 aromatic heterocycles. The van der Waals surface area contributed by atoms with Crippen molar-refractivity contribution in [2.24, 2.45) is 11.1 Å². The van der Waals surface area contributed by atoms with Gasteiger partial charge in [0.2, 0.25) is 0 Å². The fraction of sp³-hybridized carbons (Fsp3) is 0.923. The first-order chi connectivity index (χ1) is 8.49. The van der Waals surface area contributed by atoms with E-state index in [0.29, 0.717) is 6.61 Å². The molecule has 0 aromatic rings. The Morgan fingerprint density at radius 3 is 2.11 bits per heavy atom. The maximum Gasteiger partial charge on any atom is 0.336 e. The Balaban J connectivity index is 5.23. The molecule has 6 heteroatoms. The first-order valence-corrected chi connectivity index (χ1v) is 9.48. The van der Waals surface area contributed by atoms with E-state index in [2.05, 4.69) is 39.6 Å². The molecule has 0 aliphatic carbocycles. The lowest BCUT2D eigenvalue weighted by Crippen LogP contribution is -2.63. The first-order valence-electron chi connectivity index (χ1n) is 6.96. The molecular weight excluding hydrogens is 258 g/mol. The van der Waals surface area contributed by atoms with Gasteiger partial charge in [0.25, 0.3) is 0 Å². The van der Waals surface area contributed by atoms with Crippen LogP contribution in [-0.4, -0.2) is 26.9 Å². The van der Waals surface area contributed by atoms with Crippen LogP contribution >= 0.6 is 0 Å². The second-order valence-corrected chi connectivity index (χ2v) is 9.50. The van der Waals surface area contributed by atoms with Crippen molar-refractivity contribution in [3.63, 3.8) is 0 Å². The maximum absolute atomic E-state index is 7.50. The van der Waals surface area contributed by atoms with E-state index in [0.717, 1.165) is 12.5 Å². The van der Waals surface area contributed by atoms with E-state index < -0.39 is 14.3 Å². The molecule has 2 atom stereocenters. The van der Waals surface area contributed by atoms with Crippen molar-refractivity contribution in [3.8, 4) is 0 Å². The van der Waals surface area contributed by atoms with Crippen molar-refractivity contribution in [3.05, 3.63) is 0 Å². The number of nitrogens with two attached hydrogens (primary N) is 1. The van der Waals surface area contributed by atoms with E-state index in [1.807, 2.05) is 13.8 Å². The Morgan fingerprint density at radius 2 is 1.79 bits per heavy atom. The summed E-state index contributed by atoms with van der Waals surface area (Å²) in [5.41, 5.74) is 4.58. The van der Waals surface area contributed by atoms with Crippen LogP contribution in [-0.2, 0) is 8.85 Å². The third-order valence-electron chi connectivity index (χ3n) is 3.38. The van der Waals surface area contributed by atoms with Gasteiger partial charge >= 0.3 is 8.56 Å². The summed E-state index contributed by atoms with van der Waals surface area (Å²) in [6, 6.07) is 0.923. The predicted octanol–water partition coefficient (Wildman–Crippen LogP) is 2.77. The van der Waals surface area contributed by atoms with Crippen LogP contribution < -0.4 is 11.1 Å². The summed E-state index contributed by atoms with van der Waals surface area (Å²) in [7, 11) is -2.28. The molecule has 5 nitrogen and oxygen atoms in total. The van der Waals surface area contributed by atoms with Gasteiger partial charge < -0.3 is 19.9 Å². The fourth-order valence-electron chi connectivity index (χ4n) is 1.97. The average molecular weight is 289 g/mol. The van der Waals surface area contributed by atoms with E-state index in [4.69, 9.17) is 20.0 Å². The van der Waals surface area contributed by atoms with Gasteiger partial charge in [-0.25, -0.2) is 0 Å². The Kier molecular flexibility index (Phi) is 6.51. The van der Waals surface area contributed by atoms with E-state index in [1.54, 1.807) is 0 Å². The molecule has 0 aromatic carbocycles. The van der Waals surface area contributed by atoms with Crippen LogP contribution in [0.2, 0.25) is 12.6 Å². The van der Waals surface area contributed by atoms with Crippen LogP contribution in [0.15, 0.2) is 0 Å². The molecule has 19 heavy (non-hydrogen) atoms. The molecule has 114 valence electrons. The lowest BCUT2D eigenvalue weighted by atomic mass is 9.84. The van der Waals surface area contributed by atoms with Gasteiger partial charge in [-0.1, -0.05) is 34.1 Å². The maximum atomic E-state index is 7.50. The van der Waals surface area contributed by atoms with Gasteiger partial charge in [-0.2, -0.15) is 0 Å². The van der Waals surface area contributed by atoms with E-state index in [9.17, 15) is 0 Å². The summed E-state index contributed by atoms with van der Waals surface area (Å²) in [4.78, 5) is 0. The predicted molar refractivity (Wildman–Crippen MR) is 82.3 cm³/mol. The van der Waals surface area contributed by atoms with Gasteiger partial charge in [0.15, 0.2) is 5.96 Å². The first kappa shape index (κ1) is 18.4. The Bertz CT molecular complexity index is 299. The van der Waals surface area contributed by atoms with E-state index >= 15 is 0 Å². The van der Waals surface area contributed by atoms with Gasteiger partial charge in [-0.15, -0.1) is 0 Å². The van der Waals surface area contributed by atoms with E-state index in [-0.39, 0.29) is 11.4 Å². The van der Waals surface area contributed by atoms with Crippen molar-refractivity contribution in [1.29, 1.82) is 5.41 Å². The second-order valence-electron chi connectivity index (χ2n) is 6.24. The van der Waals surface area contributed by atoms with Crippen LogP contribution in [0.25, 0.3) is 0 Å². The molecule has 0 fully saturated rings. The number of hydrogen-bond acceptors (Lipinski definition) is 3. The Labute approximate surface area is 119 Å². The van der Waals surface area contributed by atoms with Crippen molar-refractivity contribution < 1.29 is 8.85 Å². The quantitative estimate of drug-likeness (QED) is 0.291. The molecule has 0 aliphatic heterocycles. The molecule has 0 radical (unpaired) electrons. The highest BCUT2D eigenvalue weighted by Gasteiger charge is 2.46. The van der Waals surface area contributed by atoms with Gasteiger partial charge in [-0.3, -0.25) is 5.41 Å². The van der Waals surface area contributed by atoms with Crippen LogP contribution in [0.1, 0.15) is 48.0 Å². The lowest BCUT2D eigenvalue weighted by molar-refractivity contribution is -0.0592. The summed E-state index contributed by atoms with van der Waals surface area (Å²) >= 11 is 0. The highest BCUT2D eigenvalue weighted by molar-refractivity contribution is 6.66. The standard InChI is InChI=1S/C13H31N3O2Si/c1-8-10-19(7,17-9-2)18-13(6,12(3,4)5)16-11(14)15/h8-10H2,1-7H3,(H4,14,15,16). The molecule has 0 saturated carbocycles. The van der Waals surface area contributed by atoms with Crippen molar-refractivity contribution >= 4 is 14.5 Å². The fourth-order valence-corrected chi connectivity index (χ4v) is 5.01. The van der Waals surface area contributed by atoms with Crippen LogP contribution in [0.3, 0.4) is 0 Å². The molecule has 2 unspecified atom stereocenters. The second kappa shape index (κ2) is 6.72. The van der Waals surface area contributed by atoms with Crippen molar-refractivity contribution in [1.82, 2.24) is 5.32 Å². The van der Waals surface area contributed by atoms with Crippen molar-refractivity contribution in [2.45, 2.75) is 66.3 Å². The summed E-state index contributed by atoms with van der Waals surface area (Å²) < 4.78 is 12.3. The van der Waals surface area contributed by atoms with Crippen LogP contribution in [0.4, 0.5) is 0 Å². The minimum absolute atomic E-state index is 0.0817. The van der Waals surface area contributed by atoms with Gasteiger partial charge in [0.05, 0.1) is 0 Å². The summed E-state index contributed by atoms with van der Waals surface area (Å²) in [5, 5.41) is 10.5. The molecule has 0 rings (SSSR count). The topological polar surface area (TPSA) is 80.4 Å². The minimum Gasteiger partial charge on any atom is -0.395 e. The highest BCUT2D eigenvalue weighted by atomic mass is 28.4. The zero-order valence-corrected chi connectivity index (χ0v) is 14.5. The molecule has 4 N–H and O–H groups in total. The number of guanidine groups is 1. The molecule has 0 heterocycles. The minimum atomic E-state index is -2.28. The normalized spacial score (nSPS) is 18.5. The Morgan fingerprint density at radius 1 is 1.26 bits per heavy atom. The van der Waals surface area contributed by atoms with Gasteiger partial charge in [-0.05, 0) is 26.4 Å². The third kappa shape index (κ3) is 5.50. The zero-order chi connectivity index (χ0) is 15.3. The SMILES string of the molecule is CCC[Si](C)(OCC)OC(C)(NC(=N)N)C(C)(C)C. The molecule has 0 spiro atoms. The van der Waals surface area contributed by atoms with E-state index in [1.165, 1.54) is 0 Å². The van der Waals surface area contributed by atoms with Crippen LogP contribution in [0, 0.1) is 10.8 Å². The number of rotatable bonds is 7. The highest BCUT2D eigenvalue weighted by Crippen LogP contribution is 2.35. The largest absolute Gasteiger partial charge is 0.395 e. The monoisotopic (exact) mass is 289 g/mol. The summed E-state index contributed by atoms with van der Waals surface area (Å²) in [5.74, 6) is -0.0817. The molecule has 0 saturated heterocycles. The van der Waals surface area contributed by atoms with Crippen molar-refractivity contribution in [2.75, 3.05) is 6.61 Å². The zero-order valence-electron chi connectivity index (χ0n) is 13.5. The average Bonchev–Trinajstić information content (AvgIpc) is 2.13. The number of nitrogens with one attached hydrogen (secondary N) is 2. The summed E-state index contributed by atoms with van der Waals surface area (Å²) in [6.07, 6.45) is 1.02. The molecular formula is C13H31N3O2Si. The van der Waals surface area contributed by atoms with Crippen LogP contribution in [0.5, 0.6) is 0 Å². The Hall–Kier alpha value is -0.593.